The van der Waals surface area contributed by atoms with Crippen molar-refractivity contribution in [2.75, 3.05) is 5.32 Å². The molecule has 31 heavy (non-hydrogen) atoms. The number of nitrogens with one attached hydrogen (secondary N) is 1. The van der Waals surface area contributed by atoms with Crippen LogP contribution >= 0.6 is 0 Å². The molecule has 0 bridgehead atoms. The maximum absolute atomic E-state index is 13.9. The van der Waals surface area contributed by atoms with Crippen molar-refractivity contribution >= 4 is 32.3 Å². The molecular weight excluding hydrogens is 419 g/mol. The zero-order valence-corrected chi connectivity index (χ0v) is 17.0. The highest BCUT2D eigenvalue weighted by molar-refractivity contribution is 7.91. The molecule has 1 amide bonds. The van der Waals surface area contributed by atoms with Gasteiger partial charge in [0.05, 0.1) is 10.4 Å². The van der Waals surface area contributed by atoms with E-state index in [0.717, 1.165) is 18.3 Å². The first-order valence-electron chi connectivity index (χ1n) is 9.34. The first-order chi connectivity index (χ1) is 14.9. The zero-order valence-electron chi connectivity index (χ0n) is 16.2. The van der Waals surface area contributed by atoms with Gasteiger partial charge >= 0.3 is 0 Å². The number of para-hydroxylation sites is 1. The molecule has 4 rings (SSSR count). The van der Waals surface area contributed by atoms with Crippen molar-refractivity contribution in [3.05, 3.63) is 101 Å². The molecule has 1 heterocycles. The van der Waals surface area contributed by atoms with Crippen LogP contribution in [0.1, 0.15) is 0 Å². The molecule has 1 aromatic heterocycles. The summed E-state index contributed by atoms with van der Waals surface area (Å²) in [6.07, 6.45) is 1.13. The first kappa shape index (κ1) is 20.5. The van der Waals surface area contributed by atoms with E-state index in [-0.39, 0.29) is 22.3 Å². The number of amides is 1. The second-order valence-corrected chi connectivity index (χ2v) is 8.76. The lowest BCUT2D eigenvalue weighted by Gasteiger charge is -2.14. The molecule has 3 aromatic carbocycles. The van der Waals surface area contributed by atoms with Gasteiger partial charge in [-0.2, -0.15) is 0 Å². The number of sulfone groups is 1. The standard InChI is InChI=1S/C23H17FN2O4S/c24-16-11-12-20-19(13-16)23(28)21(31(29,30)18-9-5-2-6-10-18)14-26(20)15-22(27)25-17-7-3-1-4-8-17/h1-14H,15H2,(H,25,27). The molecule has 0 aliphatic carbocycles. The second kappa shape index (κ2) is 8.16. The summed E-state index contributed by atoms with van der Waals surface area (Å²) in [6, 6.07) is 19.7. The largest absolute Gasteiger partial charge is 0.336 e. The SMILES string of the molecule is O=C(Cn1cc(S(=O)(=O)c2ccccc2)c(=O)c2cc(F)ccc21)Nc1ccccc1. The quantitative estimate of drug-likeness (QED) is 0.518. The minimum absolute atomic E-state index is 0.0665. The van der Waals surface area contributed by atoms with E-state index in [4.69, 9.17) is 0 Å². The Hall–Kier alpha value is -3.78. The van der Waals surface area contributed by atoms with E-state index in [1.165, 1.54) is 22.8 Å². The van der Waals surface area contributed by atoms with Gasteiger partial charge in [-0.1, -0.05) is 36.4 Å². The van der Waals surface area contributed by atoms with Gasteiger partial charge < -0.3 is 9.88 Å². The number of rotatable bonds is 5. The molecular formula is C23H17FN2O4S. The fourth-order valence-corrected chi connectivity index (χ4v) is 4.66. The van der Waals surface area contributed by atoms with Crippen LogP contribution < -0.4 is 10.7 Å². The predicted molar refractivity (Wildman–Crippen MR) is 115 cm³/mol. The molecule has 0 unspecified atom stereocenters. The summed E-state index contributed by atoms with van der Waals surface area (Å²) in [5.74, 6) is -1.11. The Morgan fingerprint density at radius 2 is 1.58 bits per heavy atom. The van der Waals surface area contributed by atoms with Crippen molar-refractivity contribution in [1.82, 2.24) is 4.57 Å². The summed E-state index contributed by atoms with van der Waals surface area (Å²) in [6.45, 7) is -0.269. The van der Waals surface area contributed by atoms with Gasteiger partial charge in [-0.15, -0.1) is 0 Å². The Morgan fingerprint density at radius 3 is 2.26 bits per heavy atom. The summed E-state index contributed by atoms with van der Waals surface area (Å²) < 4.78 is 41.4. The van der Waals surface area contributed by atoms with Crippen LogP contribution in [0.2, 0.25) is 0 Å². The number of anilines is 1. The Labute approximate surface area is 177 Å². The fourth-order valence-electron chi connectivity index (χ4n) is 3.27. The van der Waals surface area contributed by atoms with Gasteiger partial charge in [-0.25, -0.2) is 12.8 Å². The summed E-state index contributed by atoms with van der Waals surface area (Å²) in [5, 5.41) is 2.59. The average molecular weight is 436 g/mol. The Kier molecular flexibility index (Phi) is 5.39. The van der Waals surface area contributed by atoms with Crippen LogP contribution in [-0.2, 0) is 21.2 Å². The third-order valence-electron chi connectivity index (χ3n) is 4.72. The number of pyridine rings is 1. The molecule has 0 spiro atoms. The molecule has 8 heteroatoms. The number of nitrogens with zero attached hydrogens (tertiary/aromatic N) is 1. The van der Waals surface area contributed by atoms with Crippen LogP contribution in [0.4, 0.5) is 10.1 Å². The number of benzene rings is 3. The lowest BCUT2D eigenvalue weighted by atomic mass is 10.2. The van der Waals surface area contributed by atoms with E-state index in [9.17, 15) is 22.4 Å². The highest BCUT2D eigenvalue weighted by atomic mass is 32.2. The van der Waals surface area contributed by atoms with Crippen LogP contribution in [-0.4, -0.2) is 18.9 Å². The van der Waals surface area contributed by atoms with Gasteiger partial charge in [-0.05, 0) is 42.5 Å². The third-order valence-corrected chi connectivity index (χ3v) is 6.49. The van der Waals surface area contributed by atoms with Crippen LogP contribution in [0.25, 0.3) is 10.9 Å². The Bertz CT molecular complexity index is 1430. The maximum Gasteiger partial charge on any atom is 0.244 e. The highest BCUT2D eigenvalue weighted by Gasteiger charge is 2.24. The smallest absolute Gasteiger partial charge is 0.244 e. The Morgan fingerprint density at radius 1 is 0.935 bits per heavy atom. The summed E-state index contributed by atoms with van der Waals surface area (Å²) in [7, 11) is -4.18. The molecule has 6 nitrogen and oxygen atoms in total. The van der Waals surface area contributed by atoms with Crippen molar-refractivity contribution in [2.24, 2.45) is 0 Å². The molecule has 156 valence electrons. The zero-order chi connectivity index (χ0) is 22.0. The molecule has 0 fully saturated rings. The summed E-state index contributed by atoms with van der Waals surface area (Å²) in [4.78, 5) is 25.0. The van der Waals surface area contributed by atoms with E-state index in [0.29, 0.717) is 5.69 Å². The number of fused-ring (bicyclic) bond motifs is 1. The monoisotopic (exact) mass is 436 g/mol. The number of aromatic nitrogens is 1. The normalized spacial score (nSPS) is 11.4. The molecule has 0 aliphatic rings. The van der Waals surface area contributed by atoms with Crippen molar-refractivity contribution in [3.8, 4) is 0 Å². The number of halogens is 1. The van der Waals surface area contributed by atoms with Gasteiger partial charge in [0.15, 0.2) is 0 Å². The molecule has 0 aliphatic heterocycles. The van der Waals surface area contributed by atoms with Crippen LogP contribution in [0.5, 0.6) is 0 Å². The first-order valence-corrected chi connectivity index (χ1v) is 10.8. The number of carbonyl (C=O) groups excluding carboxylic acids is 1. The lowest BCUT2D eigenvalue weighted by molar-refractivity contribution is -0.116. The molecule has 1 N–H and O–H groups in total. The van der Waals surface area contributed by atoms with Gasteiger partial charge in [0, 0.05) is 17.3 Å². The highest BCUT2D eigenvalue weighted by Crippen LogP contribution is 2.22. The van der Waals surface area contributed by atoms with E-state index in [2.05, 4.69) is 5.32 Å². The number of hydrogen-bond acceptors (Lipinski definition) is 4. The molecule has 4 aromatic rings. The van der Waals surface area contributed by atoms with Crippen molar-refractivity contribution in [2.45, 2.75) is 16.3 Å². The van der Waals surface area contributed by atoms with Crippen molar-refractivity contribution in [1.29, 1.82) is 0 Å². The topological polar surface area (TPSA) is 85.2 Å². The van der Waals surface area contributed by atoms with E-state index >= 15 is 0 Å². The third kappa shape index (κ3) is 4.10. The van der Waals surface area contributed by atoms with Crippen LogP contribution in [0.3, 0.4) is 0 Å². The van der Waals surface area contributed by atoms with Gasteiger partial charge in [0.2, 0.25) is 21.2 Å². The fraction of sp³-hybridized carbons (Fsp3) is 0.0435. The summed E-state index contributed by atoms with van der Waals surface area (Å²) in [5.41, 5.74) is 0.000666. The molecule has 0 radical (unpaired) electrons. The van der Waals surface area contributed by atoms with E-state index in [1.807, 2.05) is 0 Å². The van der Waals surface area contributed by atoms with Gasteiger partial charge in [0.25, 0.3) is 0 Å². The maximum atomic E-state index is 13.9. The lowest BCUT2D eigenvalue weighted by Crippen LogP contribution is -2.24. The predicted octanol–water partition coefficient (Wildman–Crippen LogP) is 3.61. The van der Waals surface area contributed by atoms with Crippen molar-refractivity contribution < 1.29 is 17.6 Å². The minimum atomic E-state index is -4.18. The summed E-state index contributed by atoms with van der Waals surface area (Å²) >= 11 is 0. The van der Waals surface area contributed by atoms with Gasteiger partial charge in [-0.3, -0.25) is 9.59 Å². The minimum Gasteiger partial charge on any atom is -0.336 e. The molecule has 0 saturated carbocycles. The van der Waals surface area contributed by atoms with Crippen molar-refractivity contribution in [3.63, 3.8) is 0 Å². The van der Waals surface area contributed by atoms with Gasteiger partial charge in [0.1, 0.15) is 17.3 Å². The van der Waals surface area contributed by atoms with E-state index < -0.39 is 31.9 Å². The van der Waals surface area contributed by atoms with Crippen LogP contribution in [0.15, 0.2) is 99.6 Å². The molecule has 0 atom stereocenters. The van der Waals surface area contributed by atoms with E-state index in [1.54, 1.807) is 48.5 Å². The van der Waals surface area contributed by atoms with Crippen LogP contribution in [0, 0.1) is 5.82 Å². The number of carbonyl (C=O) groups is 1. The second-order valence-electron chi connectivity index (χ2n) is 6.84. The Balaban J connectivity index is 1.84. The average Bonchev–Trinajstić information content (AvgIpc) is 2.77. The number of hydrogen-bond donors (Lipinski definition) is 1. The molecule has 0 saturated heterocycles.